The molecule has 1 heterocycles. The van der Waals surface area contributed by atoms with Crippen molar-refractivity contribution in [2.45, 2.75) is 37.1 Å². The minimum atomic E-state index is 0.887. The zero-order valence-corrected chi connectivity index (χ0v) is 13.1. The summed E-state index contributed by atoms with van der Waals surface area (Å²) in [5, 5.41) is 0.947. The molecule has 0 N–H and O–H groups in total. The van der Waals surface area contributed by atoms with Crippen molar-refractivity contribution in [3.63, 3.8) is 0 Å². The van der Waals surface area contributed by atoms with E-state index in [-0.39, 0.29) is 0 Å². The molecule has 1 aromatic carbocycles. The number of anilines is 1. The first kappa shape index (κ1) is 13.4. The Kier molecular flexibility index (Phi) is 4.44. The molecule has 104 valence electrons. The summed E-state index contributed by atoms with van der Waals surface area (Å²) in [7, 11) is 0. The fraction of sp³-hybridized carbons (Fsp3) is 0.625. The molecule has 1 aromatic rings. The van der Waals surface area contributed by atoms with Crippen LogP contribution in [0.2, 0.25) is 0 Å². The number of benzene rings is 1. The minimum absolute atomic E-state index is 0.887. The van der Waals surface area contributed by atoms with Gasteiger partial charge < -0.3 is 4.90 Å². The van der Waals surface area contributed by atoms with Gasteiger partial charge in [0, 0.05) is 43.2 Å². The average molecular weight is 323 g/mol. The second-order valence-corrected chi connectivity index (χ2v) is 6.32. The van der Waals surface area contributed by atoms with E-state index < -0.39 is 0 Å². The molecule has 2 fully saturated rings. The van der Waals surface area contributed by atoms with E-state index in [2.05, 4.69) is 50.0 Å². The maximum Gasteiger partial charge on any atom is 0.0367 e. The van der Waals surface area contributed by atoms with E-state index in [1.54, 1.807) is 0 Å². The second kappa shape index (κ2) is 6.27. The molecule has 0 spiro atoms. The van der Waals surface area contributed by atoms with Crippen LogP contribution in [-0.4, -0.2) is 37.1 Å². The van der Waals surface area contributed by atoms with Gasteiger partial charge >= 0.3 is 0 Å². The molecular formula is C16H23BrN2. The smallest absolute Gasteiger partial charge is 0.0367 e. The van der Waals surface area contributed by atoms with Crippen LogP contribution >= 0.6 is 15.9 Å². The first-order valence-electron chi connectivity index (χ1n) is 7.51. The van der Waals surface area contributed by atoms with Crippen LogP contribution in [0.25, 0.3) is 0 Å². The van der Waals surface area contributed by atoms with Gasteiger partial charge in [-0.25, -0.2) is 0 Å². The molecule has 0 unspecified atom stereocenters. The third kappa shape index (κ3) is 3.14. The summed E-state index contributed by atoms with van der Waals surface area (Å²) in [6, 6.07) is 9.88. The molecule has 2 aliphatic rings. The van der Waals surface area contributed by atoms with Gasteiger partial charge in [0.25, 0.3) is 0 Å². The summed E-state index contributed by atoms with van der Waals surface area (Å²) in [4.78, 5) is 5.25. The van der Waals surface area contributed by atoms with Gasteiger partial charge in [0.1, 0.15) is 0 Å². The molecular weight excluding hydrogens is 300 g/mol. The summed E-state index contributed by atoms with van der Waals surface area (Å²) in [5.74, 6) is 0. The van der Waals surface area contributed by atoms with Gasteiger partial charge in [-0.2, -0.15) is 0 Å². The average Bonchev–Trinajstić information content (AvgIpc) is 3.02. The van der Waals surface area contributed by atoms with Crippen molar-refractivity contribution in [3.05, 3.63) is 29.8 Å². The Morgan fingerprint density at radius 3 is 2.16 bits per heavy atom. The van der Waals surface area contributed by atoms with Crippen molar-refractivity contribution in [3.8, 4) is 0 Å². The highest BCUT2D eigenvalue weighted by atomic mass is 79.9. The lowest BCUT2D eigenvalue weighted by Crippen LogP contribution is -2.49. The van der Waals surface area contributed by atoms with Crippen molar-refractivity contribution >= 4 is 21.6 Å². The standard InChI is InChI=1S/C16H23BrN2/c17-13-14-5-7-16(8-6-14)19-11-9-18(10-12-19)15-3-1-2-4-15/h5-8,15H,1-4,9-13H2. The Hall–Kier alpha value is -0.540. The number of hydrogen-bond acceptors (Lipinski definition) is 2. The molecule has 3 rings (SSSR count). The minimum Gasteiger partial charge on any atom is -0.369 e. The lowest BCUT2D eigenvalue weighted by atomic mass is 10.1. The fourth-order valence-corrected chi connectivity index (χ4v) is 3.78. The maximum absolute atomic E-state index is 3.50. The van der Waals surface area contributed by atoms with Crippen molar-refractivity contribution < 1.29 is 0 Å². The topological polar surface area (TPSA) is 6.48 Å². The van der Waals surface area contributed by atoms with Gasteiger partial charge in [-0.1, -0.05) is 40.9 Å². The highest BCUT2D eigenvalue weighted by Gasteiger charge is 2.25. The first-order valence-corrected chi connectivity index (χ1v) is 8.63. The number of rotatable bonds is 3. The molecule has 0 amide bonds. The summed E-state index contributed by atoms with van der Waals surface area (Å²) >= 11 is 3.50. The molecule has 0 bridgehead atoms. The van der Waals surface area contributed by atoms with Gasteiger partial charge in [0.05, 0.1) is 0 Å². The fourth-order valence-electron chi connectivity index (χ4n) is 3.41. The summed E-state index contributed by atoms with van der Waals surface area (Å²) < 4.78 is 0. The second-order valence-electron chi connectivity index (χ2n) is 5.76. The van der Waals surface area contributed by atoms with Crippen LogP contribution in [0.3, 0.4) is 0 Å². The summed E-state index contributed by atoms with van der Waals surface area (Å²) in [5.41, 5.74) is 2.74. The number of nitrogens with zero attached hydrogens (tertiary/aromatic N) is 2. The molecule has 1 aliphatic carbocycles. The van der Waals surface area contributed by atoms with E-state index in [1.807, 2.05) is 0 Å². The summed E-state index contributed by atoms with van der Waals surface area (Å²) in [6.07, 6.45) is 5.75. The van der Waals surface area contributed by atoms with E-state index in [4.69, 9.17) is 0 Å². The molecule has 3 heteroatoms. The molecule has 1 saturated heterocycles. The van der Waals surface area contributed by atoms with Crippen molar-refractivity contribution in [2.75, 3.05) is 31.1 Å². The lowest BCUT2D eigenvalue weighted by Gasteiger charge is -2.39. The third-order valence-electron chi connectivity index (χ3n) is 4.61. The van der Waals surface area contributed by atoms with Gasteiger partial charge in [-0.3, -0.25) is 4.90 Å². The Bertz CT molecular complexity index is 390. The van der Waals surface area contributed by atoms with Crippen LogP contribution in [0.1, 0.15) is 31.2 Å². The monoisotopic (exact) mass is 322 g/mol. The zero-order chi connectivity index (χ0) is 13.1. The van der Waals surface area contributed by atoms with Crippen LogP contribution in [0.15, 0.2) is 24.3 Å². The molecule has 0 aromatic heterocycles. The number of halogens is 1. The number of piperazine rings is 1. The van der Waals surface area contributed by atoms with Crippen molar-refractivity contribution in [1.82, 2.24) is 4.90 Å². The van der Waals surface area contributed by atoms with Crippen LogP contribution < -0.4 is 4.90 Å². The molecule has 1 saturated carbocycles. The van der Waals surface area contributed by atoms with Gasteiger partial charge in [-0.05, 0) is 30.5 Å². The number of alkyl halides is 1. The van der Waals surface area contributed by atoms with E-state index >= 15 is 0 Å². The molecule has 19 heavy (non-hydrogen) atoms. The predicted molar refractivity (Wildman–Crippen MR) is 85.1 cm³/mol. The van der Waals surface area contributed by atoms with Crippen LogP contribution in [0, 0.1) is 0 Å². The summed E-state index contributed by atoms with van der Waals surface area (Å²) in [6.45, 7) is 4.85. The Labute approximate surface area is 124 Å². The van der Waals surface area contributed by atoms with Crippen LogP contribution in [0.5, 0.6) is 0 Å². The van der Waals surface area contributed by atoms with Gasteiger partial charge in [0.15, 0.2) is 0 Å². The van der Waals surface area contributed by atoms with Gasteiger partial charge in [0.2, 0.25) is 0 Å². The maximum atomic E-state index is 3.50. The van der Waals surface area contributed by atoms with Crippen molar-refractivity contribution in [2.24, 2.45) is 0 Å². The Morgan fingerprint density at radius 1 is 0.947 bits per heavy atom. The molecule has 0 atom stereocenters. The predicted octanol–water partition coefficient (Wildman–Crippen LogP) is 3.65. The van der Waals surface area contributed by atoms with Crippen LogP contribution in [-0.2, 0) is 5.33 Å². The Balaban J connectivity index is 1.56. The number of hydrogen-bond donors (Lipinski definition) is 0. The third-order valence-corrected chi connectivity index (χ3v) is 5.26. The SMILES string of the molecule is BrCc1ccc(N2CCN(C3CCCC3)CC2)cc1. The first-order chi connectivity index (χ1) is 9.36. The van der Waals surface area contributed by atoms with Gasteiger partial charge in [-0.15, -0.1) is 0 Å². The van der Waals surface area contributed by atoms with Crippen LogP contribution in [0.4, 0.5) is 5.69 Å². The van der Waals surface area contributed by atoms with E-state index in [9.17, 15) is 0 Å². The van der Waals surface area contributed by atoms with E-state index in [0.29, 0.717) is 0 Å². The van der Waals surface area contributed by atoms with E-state index in [1.165, 1.54) is 63.1 Å². The molecule has 1 aliphatic heterocycles. The quantitative estimate of drug-likeness (QED) is 0.784. The van der Waals surface area contributed by atoms with E-state index in [0.717, 1.165) is 11.4 Å². The molecule has 2 nitrogen and oxygen atoms in total. The molecule has 0 radical (unpaired) electrons. The van der Waals surface area contributed by atoms with Crippen molar-refractivity contribution in [1.29, 1.82) is 0 Å². The zero-order valence-electron chi connectivity index (χ0n) is 11.5. The normalized spacial score (nSPS) is 22.1. The lowest BCUT2D eigenvalue weighted by molar-refractivity contribution is 0.187. The Morgan fingerprint density at radius 2 is 1.58 bits per heavy atom. The highest BCUT2D eigenvalue weighted by molar-refractivity contribution is 9.08. The largest absolute Gasteiger partial charge is 0.369 e. The highest BCUT2D eigenvalue weighted by Crippen LogP contribution is 2.25.